The quantitative estimate of drug-likeness (QED) is 0.652. The van der Waals surface area contributed by atoms with Crippen LogP contribution in [0.5, 0.6) is 5.75 Å². The molecule has 1 aromatic rings. The van der Waals surface area contributed by atoms with Crippen LogP contribution in [0, 0.1) is 0 Å². The molecule has 3 rings (SSSR count). The summed E-state index contributed by atoms with van der Waals surface area (Å²) >= 11 is 0. The number of urea groups is 1. The highest BCUT2D eigenvalue weighted by atomic mass is 16.5. The fourth-order valence-electron chi connectivity index (χ4n) is 3.51. The van der Waals surface area contributed by atoms with E-state index in [0.29, 0.717) is 26.1 Å². The molecule has 2 N–H and O–H groups in total. The summed E-state index contributed by atoms with van der Waals surface area (Å²) in [5.74, 6) is 0.797. The number of carbonyl (C=O) groups excluding carboxylic acids is 2. The molecule has 8 heteroatoms. The lowest BCUT2D eigenvalue weighted by molar-refractivity contribution is -0.117. The van der Waals surface area contributed by atoms with Crippen molar-refractivity contribution in [3.8, 4) is 5.75 Å². The summed E-state index contributed by atoms with van der Waals surface area (Å²) in [4.78, 5) is 28.5. The van der Waals surface area contributed by atoms with Crippen LogP contribution in [-0.2, 0) is 9.53 Å². The molecule has 8 nitrogen and oxygen atoms in total. The Kier molecular flexibility index (Phi) is 7.50. The predicted octanol–water partition coefficient (Wildman–Crippen LogP) is 1.21. The summed E-state index contributed by atoms with van der Waals surface area (Å²) in [6.07, 6.45) is 1.21. The largest absolute Gasteiger partial charge is 0.494 e. The lowest BCUT2D eigenvalue weighted by atomic mass is 10.2. The van der Waals surface area contributed by atoms with Gasteiger partial charge < -0.3 is 25.0 Å². The van der Waals surface area contributed by atoms with E-state index in [4.69, 9.17) is 9.47 Å². The van der Waals surface area contributed by atoms with E-state index in [1.165, 1.54) is 0 Å². The molecule has 1 atom stereocenters. The van der Waals surface area contributed by atoms with Crippen molar-refractivity contribution in [2.24, 2.45) is 0 Å². The maximum Gasteiger partial charge on any atom is 0.315 e. The fourth-order valence-corrected chi connectivity index (χ4v) is 3.51. The zero-order valence-electron chi connectivity index (χ0n) is 16.5. The smallest absolute Gasteiger partial charge is 0.315 e. The molecule has 2 aliphatic heterocycles. The van der Waals surface area contributed by atoms with Gasteiger partial charge >= 0.3 is 6.03 Å². The van der Waals surface area contributed by atoms with Crippen LogP contribution < -0.4 is 20.3 Å². The molecule has 2 aliphatic rings. The van der Waals surface area contributed by atoms with Crippen LogP contribution in [0.15, 0.2) is 24.3 Å². The van der Waals surface area contributed by atoms with Crippen molar-refractivity contribution in [1.82, 2.24) is 15.5 Å². The first-order chi connectivity index (χ1) is 13.7. The number of amides is 3. The third-order valence-electron chi connectivity index (χ3n) is 4.96. The molecule has 1 aromatic carbocycles. The van der Waals surface area contributed by atoms with Gasteiger partial charge in [0.05, 0.1) is 25.9 Å². The summed E-state index contributed by atoms with van der Waals surface area (Å²) in [7, 11) is 0. The van der Waals surface area contributed by atoms with Gasteiger partial charge in [-0.2, -0.15) is 0 Å². The average molecular weight is 390 g/mol. The van der Waals surface area contributed by atoms with Crippen molar-refractivity contribution in [1.29, 1.82) is 0 Å². The second-order valence-electron chi connectivity index (χ2n) is 7.04. The van der Waals surface area contributed by atoms with Gasteiger partial charge in [-0.15, -0.1) is 0 Å². The minimum absolute atomic E-state index is 0.0155. The number of anilines is 1. The maximum atomic E-state index is 12.3. The van der Waals surface area contributed by atoms with E-state index >= 15 is 0 Å². The van der Waals surface area contributed by atoms with E-state index in [-0.39, 0.29) is 18.0 Å². The number of benzene rings is 1. The van der Waals surface area contributed by atoms with E-state index in [0.717, 1.165) is 50.7 Å². The van der Waals surface area contributed by atoms with Crippen molar-refractivity contribution < 1.29 is 19.1 Å². The topological polar surface area (TPSA) is 83.1 Å². The number of nitrogens with zero attached hydrogens (tertiary/aromatic N) is 2. The van der Waals surface area contributed by atoms with Gasteiger partial charge in [-0.3, -0.25) is 9.69 Å². The molecule has 0 saturated carbocycles. The van der Waals surface area contributed by atoms with Crippen molar-refractivity contribution in [2.45, 2.75) is 25.8 Å². The number of carbonyl (C=O) groups is 2. The first-order valence-electron chi connectivity index (χ1n) is 10.0. The average Bonchev–Trinajstić information content (AvgIpc) is 3.07. The Hall–Kier alpha value is -2.32. The molecule has 0 aromatic heterocycles. The van der Waals surface area contributed by atoms with Crippen LogP contribution in [0.25, 0.3) is 0 Å². The van der Waals surface area contributed by atoms with Crippen LogP contribution >= 0.6 is 0 Å². The van der Waals surface area contributed by atoms with Gasteiger partial charge in [0.15, 0.2) is 0 Å². The maximum absolute atomic E-state index is 12.3. The van der Waals surface area contributed by atoms with Crippen molar-refractivity contribution in [3.05, 3.63) is 24.3 Å². The summed E-state index contributed by atoms with van der Waals surface area (Å²) in [6, 6.07) is 7.06. The van der Waals surface area contributed by atoms with Gasteiger partial charge in [0.25, 0.3) is 0 Å². The van der Waals surface area contributed by atoms with Gasteiger partial charge in [-0.1, -0.05) is 0 Å². The molecule has 0 radical (unpaired) electrons. The molecular formula is C20H30N4O4. The lowest BCUT2D eigenvalue weighted by Crippen LogP contribution is -2.44. The Bertz CT molecular complexity index is 646. The van der Waals surface area contributed by atoms with Crippen molar-refractivity contribution in [2.75, 3.05) is 57.4 Å². The highest BCUT2D eigenvalue weighted by Gasteiger charge is 2.31. The van der Waals surface area contributed by atoms with Crippen molar-refractivity contribution in [3.63, 3.8) is 0 Å². The lowest BCUT2D eigenvalue weighted by Gasteiger charge is -2.26. The van der Waals surface area contributed by atoms with Gasteiger partial charge in [-0.05, 0) is 44.2 Å². The molecular weight excluding hydrogens is 360 g/mol. The first kappa shape index (κ1) is 20.4. The summed E-state index contributed by atoms with van der Waals surface area (Å²) in [5, 5.41) is 5.79. The SMILES string of the molecule is CCOc1ccc(N2C[C@H](NC(=O)NCCCN3CCOCC3)CC2=O)cc1. The third-order valence-corrected chi connectivity index (χ3v) is 4.96. The Morgan fingerprint density at radius 3 is 2.71 bits per heavy atom. The van der Waals surface area contributed by atoms with E-state index in [9.17, 15) is 9.59 Å². The van der Waals surface area contributed by atoms with Gasteiger partial charge in [0.2, 0.25) is 5.91 Å². The number of hydrogen-bond acceptors (Lipinski definition) is 5. The molecule has 0 aliphatic carbocycles. The minimum Gasteiger partial charge on any atom is -0.494 e. The second-order valence-corrected chi connectivity index (χ2v) is 7.04. The van der Waals surface area contributed by atoms with Crippen LogP contribution in [0.1, 0.15) is 19.8 Å². The predicted molar refractivity (Wildman–Crippen MR) is 107 cm³/mol. The van der Waals surface area contributed by atoms with Crippen LogP contribution in [0.2, 0.25) is 0 Å². The Morgan fingerprint density at radius 2 is 2.00 bits per heavy atom. The number of nitrogens with one attached hydrogen (secondary N) is 2. The van der Waals surface area contributed by atoms with E-state index in [1.807, 2.05) is 31.2 Å². The van der Waals surface area contributed by atoms with Crippen molar-refractivity contribution >= 4 is 17.6 Å². The van der Waals surface area contributed by atoms with Crippen LogP contribution in [0.4, 0.5) is 10.5 Å². The highest BCUT2D eigenvalue weighted by molar-refractivity contribution is 5.96. The Morgan fingerprint density at radius 1 is 1.25 bits per heavy atom. The number of morpholine rings is 1. The highest BCUT2D eigenvalue weighted by Crippen LogP contribution is 2.24. The van der Waals surface area contributed by atoms with Gasteiger partial charge in [0, 0.05) is 38.3 Å². The standard InChI is InChI=1S/C20H30N4O4/c1-2-28-18-6-4-17(5-7-18)24-15-16(14-19(24)25)22-20(26)21-8-3-9-23-10-12-27-13-11-23/h4-7,16H,2-3,8-15H2,1H3,(H2,21,22,26)/t16-/m1/s1. The monoisotopic (exact) mass is 390 g/mol. The summed E-state index contributed by atoms with van der Waals surface area (Å²) < 4.78 is 10.8. The molecule has 28 heavy (non-hydrogen) atoms. The Labute approximate surface area is 166 Å². The number of hydrogen-bond donors (Lipinski definition) is 2. The van der Waals surface area contributed by atoms with Crippen LogP contribution in [0.3, 0.4) is 0 Å². The minimum atomic E-state index is -0.215. The van der Waals surface area contributed by atoms with Gasteiger partial charge in [-0.25, -0.2) is 4.79 Å². The summed E-state index contributed by atoms with van der Waals surface area (Å²) in [6.45, 7) is 8.08. The van der Waals surface area contributed by atoms with E-state index < -0.39 is 0 Å². The molecule has 3 amide bonds. The molecule has 154 valence electrons. The van der Waals surface area contributed by atoms with Gasteiger partial charge in [0.1, 0.15) is 5.75 Å². The molecule has 0 spiro atoms. The zero-order chi connectivity index (χ0) is 19.8. The molecule has 0 bridgehead atoms. The molecule has 2 fully saturated rings. The molecule has 2 heterocycles. The van der Waals surface area contributed by atoms with Crippen LogP contribution in [-0.4, -0.2) is 75.4 Å². The second kappa shape index (κ2) is 10.3. The molecule has 2 saturated heterocycles. The molecule has 0 unspecified atom stereocenters. The van der Waals surface area contributed by atoms with E-state index in [2.05, 4.69) is 15.5 Å². The zero-order valence-corrected chi connectivity index (χ0v) is 16.5. The first-order valence-corrected chi connectivity index (χ1v) is 10.0. The normalized spacial score (nSPS) is 20.2. The number of rotatable bonds is 8. The Balaban J connectivity index is 1.37. The third kappa shape index (κ3) is 5.84. The van der Waals surface area contributed by atoms with E-state index in [1.54, 1.807) is 4.90 Å². The fraction of sp³-hybridized carbons (Fsp3) is 0.600. The number of ether oxygens (including phenoxy) is 2. The summed E-state index contributed by atoms with van der Waals surface area (Å²) in [5.41, 5.74) is 0.823.